The number of anilines is 1. The van der Waals surface area contributed by atoms with Crippen LogP contribution < -0.4 is 10.6 Å². The number of halogens is 1. The van der Waals surface area contributed by atoms with Crippen molar-refractivity contribution in [2.24, 2.45) is 0 Å². The molecule has 28 heavy (non-hydrogen) atoms. The van der Waals surface area contributed by atoms with Crippen molar-refractivity contribution in [1.82, 2.24) is 15.3 Å². The van der Waals surface area contributed by atoms with Crippen LogP contribution in [0.1, 0.15) is 26.4 Å². The van der Waals surface area contributed by atoms with Crippen molar-refractivity contribution in [3.8, 4) is 0 Å². The van der Waals surface area contributed by atoms with Crippen molar-refractivity contribution in [3.63, 3.8) is 0 Å². The summed E-state index contributed by atoms with van der Waals surface area (Å²) < 4.78 is 13.3. The highest BCUT2D eigenvalue weighted by atomic mass is 19.1. The number of aldehydes is 1. The molecule has 142 valence electrons. The molecule has 0 bridgehead atoms. The maximum Gasteiger partial charge on any atom is 0.255 e. The second-order valence-corrected chi connectivity index (χ2v) is 6.04. The fourth-order valence-electron chi connectivity index (χ4n) is 2.59. The molecule has 0 saturated carbocycles. The molecule has 1 heterocycles. The van der Waals surface area contributed by atoms with E-state index in [0.29, 0.717) is 17.7 Å². The van der Waals surface area contributed by atoms with Crippen LogP contribution in [0.3, 0.4) is 0 Å². The number of benzene rings is 2. The average Bonchev–Trinajstić information content (AvgIpc) is 3.20. The first-order valence-corrected chi connectivity index (χ1v) is 8.45. The normalized spacial score (nSPS) is 11.5. The molecule has 3 aromatic rings. The van der Waals surface area contributed by atoms with Gasteiger partial charge in [-0.1, -0.05) is 12.1 Å². The predicted octanol–water partition coefficient (Wildman–Crippen LogP) is 2.34. The van der Waals surface area contributed by atoms with E-state index < -0.39 is 23.7 Å². The smallest absolute Gasteiger partial charge is 0.255 e. The van der Waals surface area contributed by atoms with Crippen molar-refractivity contribution >= 4 is 23.8 Å². The Bertz CT molecular complexity index is 989. The summed E-state index contributed by atoms with van der Waals surface area (Å²) in [6.45, 7) is 0. The van der Waals surface area contributed by atoms with E-state index in [9.17, 15) is 18.8 Å². The number of carbonyl (C=O) groups excluding carboxylic acids is 3. The van der Waals surface area contributed by atoms with E-state index >= 15 is 0 Å². The molecular weight excluding hydrogens is 363 g/mol. The lowest BCUT2D eigenvalue weighted by Gasteiger charge is -2.13. The van der Waals surface area contributed by atoms with Gasteiger partial charge in [-0.15, -0.1) is 0 Å². The number of H-pyrrole nitrogens is 1. The molecular formula is C20H17FN4O3. The third-order valence-electron chi connectivity index (χ3n) is 3.94. The summed E-state index contributed by atoms with van der Waals surface area (Å²) in [7, 11) is 0. The molecule has 0 aliphatic heterocycles. The van der Waals surface area contributed by atoms with Gasteiger partial charge in [0.2, 0.25) is 0 Å². The number of aromatic amines is 1. The van der Waals surface area contributed by atoms with Crippen LogP contribution in [0, 0.1) is 5.82 Å². The number of aromatic nitrogens is 2. The van der Waals surface area contributed by atoms with E-state index in [2.05, 4.69) is 20.6 Å². The number of hydrogen-bond donors (Lipinski definition) is 3. The minimum absolute atomic E-state index is 0.162. The first kappa shape index (κ1) is 19.0. The summed E-state index contributed by atoms with van der Waals surface area (Å²) in [5.41, 5.74) is 1.52. The molecule has 1 atom stereocenters. The van der Waals surface area contributed by atoms with Gasteiger partial charge in [0.15, 0.2) is 0 Å². The molecule has 0 aliphatic rings. The monoisotopic (exact) mass is 380 g/mol. The fraction of sp³-hybridized carbons (Fsp3) is 0.100. The zero-order valence-electron chi connectivity index (χ0n) is 14.7. The van der Waals surface area contributed by atoms with Crippen LogP contribution in [0.25, 0.3) is 0 Å². The van der Waals surface area contributed by atoms with Crippen molar-refractivity contribution in [3.05, 3.63) is 83.7 Å². The minimum atomic E-state index is -0.724. The molecule has 0 radical (unpaired) electrons. The number of nitrogens with one attached hydrogen (secondary N) is 3. The molecule has 0 unspecified atom stereocenters. The zero-order chi connectivity index (χ0) is 19.9. The van der Waals surface area contributed by atoms with Crippen molar-refractivity contribution in [2.45, 2.75) is 12.5 Å². The molecule has 3 rings (SSSR count). The number of amides is 2. The quantitative estimate of drug-likeness (QED) is 0.547. The van der Waals surface area contributed by atoms with Gasteiger partial charge in [0, 0.05) is 35.1 Å². The minimum Gasteiger partial charge on any atom is -0.348 e. The van der Waals surface area contributed by atoms with E-state index in [0.717, 1.165) is 6.07 Å². The summed E-state index contributed by atoms with van der Waals surface area (Å²) >= 11 is 0. The zero-order valence-corrected chi connectivity index (χ0v) is 14.7. The predicted molar refractivity (Wildman–Crippen MR) is 100 cm³/mol. The fourth-order valence-corrected chi connectivity index (χ4v) is 2.59. The summed E-state index contributed by atoms with van der Waals surface area (Å²) in [6, 6.07) is 10.8. The molecule has 8 heteroatoms. The van der Waals surface area contributed by atoms with Gasteiger partial charge in [-0.2, -0.15) is 0 Å². The van der Waals surface area contributed by atoms with Crippen LogP contribution >= 0.6 is 0 Å². The van der Waals surface area contributed by atoms with Crippen molar-refractivity contribution in [1.29, 1.82) is 0 Å². The Morgan fingerprint density at radius 1 is 1.11 bits per heavy atom. The van der Waals surface area contributed by atoms with E-state index in [-0.39, 0.29) is 17.5 Å². The Kier molecular flexibility index (Phi) is 5.91. The third kappa shape index (κ3) is 4.88. The average molecular weight is 380 g/mol. The summed E-state index contributed by atoms with van der Waals surface area (Å²) in [5.74, 6) is -1.47. The lowest BCUT2D eigenvalue weighted by atomic mass is 10.1. The standard InChI is InChI=1S/C20H17FN4O3/c21-15-5-1-3-13(7-15)19(27)24-16-6-2-4-14(8-16)20(28)25-18(11-26)9-17-10-22-12-23-17/h1-8,10-12,18H,9H2,(H,22,23)(H,24,27)(H,25,28)/t18-/m0/s1. The van der Waals surface area contributed by atoms with Gasteiger partial charge in [-0.05, 0) is 36.4 Å². The maximum atomic E-state index is 13.3. The van der Waals surface area contributed by atoms with Crippen LogP contribution in [0.4, 0.5) is 10.1 Å². The maximum absolute atomic E-state index is 13.3. The lowest BCUT2D eigenvalue weighted by molar-refractivity contribution is -0.109. The van der Waals surface area contributed by atoms with E-state index in [1.54, 1.807) is 24.4 Å². The number of carbonyl (C=O) groups is 3. The number of rotatable bonds is 7. The second kappa shape index (κ2) is 8.72. The number of hydrogen-bond acceptors (Lipinski definition) is 4. The van der Waals surface area contributed by atoms with Gasteiger partial charge < -0.3 is 20.4 Å². The molecule has 0 spiro atoms. The van der Waals surface area contributed by atoms with Gasteiger partial charge in [-0.3, -0.25) is 9.59 Å². The van der Waals surface area contributed by atoms with Gasteiger partial charge in [0.1, 0.15) is 12.1 Å². The van der Waals surface area contributed by atoms with Crippen LogP contribution in [0.15, 0.2) is 61.1 Å². The van der Waals surface area contributed by atoms with Crippen LogP contribution in [0.2, 0.25) is 0 Å². The Morgan fingerprint density at radius 3 is 2.54 bits per heavy atom. The highest BCUT2D eigenvalue weighted by Gasteiger charge is 2.15. The van der Waals surface area contributed by atoms with Crippen molar-refractivity contribution in [2.75, 3.05) is 5.32 Å². The Hall–Kier alpha value is -3.81. The molecule has 2 aromatic carbocycles. The molecule has 0 fully saturated rings. The largest absolute Gasteiger partial charge is 0.348 e. The SMILES string of the molecule is O=C[C@H](Cc1cnc[nH]1)NC(=O)c1cccc(NC(=O)c2cccc(F)c2)c1. The Morgan fingerprint density at radius 2 is 1.86 bits per heavy atom. The van der Waals surface area contributed by atoms with Crippen molar-refractivity contribution < 1.29 is 18.8 Å². The summed E-state index contributed by atoms with van der Waals surface area (Å²) in [5, 5.41) is 5.24. The van der Waals surface area contributed by atoms with Crippen LogP contribution in [-0.2, 0) is 11.2 Å². The van der Waals surface area contributed by atoms with Gasteiger partial charge in [0.25, 0.3) is 11.8 Å². The van der Waals surface area contributed by atoms with E-state index in [1.165, 1.54) is 30.6 Å². The number of imidazole rings is 1. The van der Waals surface area contributed by atoms with Gasteiger partial charge in [0.05, 0.1) is 12.4 Å². The Balaban J connectivity index is 1.67. The first-order valence-electron chi connectivity index (χ1n) is 8.45. The first-order chi connectivity index (χ1) is 13.5. The molecule has 7 nitrogen and oxygen atoms in total. The van der Waals surface area contributed by atoms with E-state index in [1.807, 2.05) is 0 Å². The summed E-state index contributed by atoms with van der Waals surface area (Å²) in [6.07, 6.45) is 3.99. The molecule has 2 amide bonds. The topological polar surface area (TPSA) is 104 Å². The molecule has 3 N–H and O–H groups in total. The van der Waals surface area contributed by atoms with Gasteiger partial charge >= 0.3 is 0 Å². The molecule has 0 aliphatic carbocycles. The van der Waals surface area contributed by atoms with E-state index in [4.69, 9.17) is 0 Å². The second-order valence-electron chi connectivity index (χ2n) is 6.04. The highest BCUT2D eigenvalue weighted by Crippen LogP contribution is 2.13. The molecule has 1 aromatic heterocycles. The summed E-state index contributed by atoms with van der Waals surface area (Å²) in [4.78, 5) is 42.6. The van der Waals surface area contributed by atoms with Gasteiger partial charge in [-0.25, -0.2) is 9.37 Å². The lowest BCUT2D eigenvalue weighted by Crippen LogP contribution is -2.37. The Labute approximate surface area is 160 Å². The highest BCUT2D eigenvalue weighted by molar-refractivity contribution is 6.05. The molecule has 0 saturated heterocycles. The number of nitrogens with zero attached hydrogens (tertiary/aromatic N) is 1. The van der Waals surface area contributed by atoms with Crippen LogP contribution in [-0.4, -0.2) is 34.1 Å². The van der Waals surface area contributed by atoms with Crippen LogP contribution in [0.5, 0.6) is 0 Å². The third-order valence-corrected chi connectivity index (χ3v) is 3.94.